The second-order valence-corrected chi connectivity index (χ2v) is 14.9. The van der Waals surface area contributed by atoms with Crippen LogP contribution in [0.1, 0.15) is 44.5 Å². The number of fused-ring (bicyclic) bond motifs is 1. The fourth-order valence-electron chi connectivity index (χ4n) is 6.73. The molecule has 5 heterocycles. The molecule has 0 atom stereocenters. The first-order valence-electron chi connectivity index (χ1n) is 20.9. The van der Waals surface area contributed by atoms with E-state index in [0.29, 0.717) is 63.6 Å². The van der Waals surface area contributed by atoms with Gasteiger partial charge in [-0.15, -0.1) is 0 Å². The zero-order valence-corrected chi connectivity index (χ0v) is 36.3. The van der Waals surface area contributed by atoms with Crippen molar-refractivity contribution in [1.29, 1.82) is 0 Å². The van der Waals surface area contributed by atoms with E-state index in [-0.39, 0.29) is 11.8 Å². The molecule has 0 saturated heterocycles. The Kier molecular flexibility index (Phi) is 13.5. The van der Waals surface area contributed by atoms with Gasteiger partial charge in [0.15, 0.2) is 0 Å². The highest BCUT2D eigenvalue weighted by Crippen LogP contribution is 2.30. The van der Waals surface area contributed by atoms with Crippen LogP contribution < -0.4 is 30.7 Å². The summed E-state index contributed by atoms with van der Waals surface area (Å²) >= 11 is 0. The molecule has 3 aromatic carbocycles. The molecule has 0 aliphatic heterocycles. The highest BCUT2D eigenvalue weighted by Gasteiger charge is 2.13. The van der Waals surface area contributed by atoms with E-state index < -0.39 is 0 Å². The van der Waals surface area contributed by atoms with Crippen molar-refractivity contribution in [3.8, 4) is 17.4 Å². The van der Waals surface area contributed by atoms with Crippen LogP contribution in [-0.4, -0.2) is 43.5 Å². The van der Waals surface area contributed by atoms with E-state index in [1.807, 2.05) is 75.5 Å². The number of ether oxygens (including phenoxy) is 2. The van der Waals surface area contributed by atoms with E-state index in [0.717, 1.165) is 44.8 Å². The number of rotatable bonds is 16. The first-order valence-corrected chi connectivity index (χ1v) is 20.9. The van der Waals surface area contributed by atoms with Crippen molar-refractivity contribution in [3.63, 3.8) is 0 Å². The molecule has 0 spiro atoms. The van der Waals surface area contributed by atoms with Crippen LogP contribution in [0.25, 0.3) is 10.9 Å². The van der Waals surface area contributed by atoms with Crippen LogP contribution in [0, 0.1) is 13.8 Å². The van der Waals surface area contributed by atoms with Gasteiger partial charge in [0.25, 0.3) is 11.8 Å². The van der Waals surface area contributed by atoms with Crippen LogP contribution in [-0.2, 0) is 6.42 Å². The Hall–Kier alpha value is -9.04. The standard InChI is InChI=1S/C52H44N10O4/c1-5-43(66-49-21-17-41(32-58-49)62-52(64)36-12-20-48(57-31-36)59-40-22-25-55-34(3)26-40)28-42(53-4)27-37-30-54-24-23-47(37)65-44-18-15-39(16-19-44)61-51(63)35-10-13-38(14-11-35)60-50-33(2)29-56-46-9-7-6-8-45(46)50/h5-26,28-32H,4,27H2,1-3H3,(H,56,60)(H,61,63)(H,62,64)(H,55,57,59)/b42-28-,43-5+. The van der Waals surface area contributed by atoms with Gasteiger partial charge in [-0.3, -0.25) is 29.5 Å². The molecule has 8 aromatic rings. The van der Waals surface area contributed by atoms with Crippen molar-refractivity contribution in [1.82, 2.24) is 24.9 Å². The Morgan fingerprint density at radius 1 is 0.697 bits per heavy atom. The van der Waals surface area contributed by atoms with Crippen LogP contribution >= 0.6 is 0 Å². The van der Waals surface area contributed by atoms with Gasteiger partial charge in [0, 0.05) is 94.5 Å². The van der Waals surface area contributed by atoms with Gasteiger partial charge in [-0.1, -0.05) is 18.2 Å². The minimum atomic E-state index is -0.332. The van der Waals surface area contributed by atoms with Gasteiger partial charge in [-0.05, 0) is 130 Å². The number of carbonyl (C=O) groups is 2. The lowest BCUT2D eigenvalue weighted by atomic mass is 10.1. The van der Waals surface area contributed by atoms with Crippen molar-refractivity contribution < 1.29 is 19.1 Å². The lowest BCUT2D eigenvalue weighted by molar-refractivity contribution is 0.101. The summed E-state index contributed by atoms with van der Waals surface area (Å²) in [6.07, 6.45) is 13.8. The smallest absolute Gasteiger partial charge is 0.257 e. The molecule has 5 aromatic heterocycles. The zero-order chi connectivity index (χ0) is 45.8. The average Bonchev–Trinajstić information content (AvgIpc) is 3.34. The van der Waals surface area contributed by atoms with Crippen molar-refractivity contribution in [2.75, 3.05) is 21.3 Å². The quantitative estimate of drug-likeness (QED) is 0.0413. The summed E-state index contributed by atoms with van der Waals surface area (Å²) in [7, 11) is 0. The summed E-state index contributed by atoms with van der Waals surface area (Å²) in [6, 6.07) is 34.7. The second-order valence-electron chi connectivity index (χ2n) is 14.9. The molecule has 0 bridgehead atoms. The first-order chi connectivity index (χ1) is 32.2. The number of nitrogens with one attached hydrogen (secondary N) is 4. The Balaban J connectivity index is 0.837. The second kappa shape index (κ2) is 20.4. The SMILES string of the molecule is C=N/C(=C\C(=C/C)Oc1ccc(NC(=O)c2ccc(Nc3ccnc(C)c3)nc2)cn1)Cc1cnccc1Oc1ccc(NC(=O)c2ccc(Nc3c(C)cnc4ccccc34)cc2)cc1. The number of amides is 2. The van der Waals surface area contributed by atoms with Crippen LogP contribution in [0.5, 0.6) is 17.4 Å². The van der Waals surface area contributed by atoms with Crippen LogP contribution in [0.3, 0.4) is 0 Å². The van der Waals surface area contributed by atoms with Gasteiger partial charge >= 0.3 is 0 Å². The van der Waals surface area contributed by atoms with E-state index >= 15 is 0 Å². The minimum Gasteiger partial charge on any atom is -0.457 e. The molecule has 0 unspecified atom stereocenters. The normalized spacial score (nSPS) is 11.4. The first kappa shape index (κ1) is 43.6. The summed E-state index contributed by atoms with van der Waals surface area (Å²) in [6.45, 7) is 9.53. The number of para-hydroxylation sites is 1. The fourth-order valence-corrected chi connectivity index (χ4v) is 6.73. The van der Waals surface area contributed by atoms with Gasteiger partial charge < -0.3 is 30.7 Å². The maximum atomic E-state index is 13.2. The van der Waals surface area contributed by atoms with E-state index in [9.17, 15) is 9.59 Å². The Morgan fingerprint density at radius 3 is 2.20 bits per heavy atom. The third-order valence-electron chi connectivity index (χ3n) is 10.2. The predicted octanol–water partition coefficient (Wildman–Crippen LogP) is 11.3. The van der Waals surface area contributed by atoms with E-state index in [1.165, 1.54) is 12.4 Å². The molecule has 0 aliphatic rings. The lowest BCUT2D eigenvalue weighted by Gasteiger charge is -2.13. The van der Waals surface area contributed by atoms with E-state index in [1.54, 1.807) is 97.5 Å². The average molecular weight is 873 g/mol. The summed E-state index contributed by atoms with van der Waals surface area (Å²) in [5, 5.41) is 13.5. The largest absolute Gasteiger partial charge is 0.457 e. The summed E-state index contributed by atoms with van der Waals surface area (Å²) in [5.41, 5.74) is 8.86. The topological polar surface area (TPSA) is 178 Å². The van der Waals surface area contributed by atoms with Crippen LogP contribution in [0.4, 0.5) is 34.3 Å². The van der Waals surface area contributed by atoms with Crippen LogP contribution in [0.15, 0.2) is 181 Å². The highest BCUT2D eigenvalue weighted by molar-refractivity contribution is 6.05. The number of aryl methyl sites for hydroxylation is 2. The Morgan fingerprint density at radius 2 is 1.45 bits per heavy atom. The van der Waals surface area contributed by atoms with Crippen molar-refractivity contribution in [2.45, 2.75) is 27.2 Å². The number of hydrogen-bond acceptors (Lipinski definition) is 12. The number of pyridine rings is 5. The highest BCUT2D eigenvalue weighted by atomic mass is 16.5. The summed E-state index contributed by atoms with van der Waals surface area (Å²) < 4.78 is 12.3. The third-order valence-corrected chi connectivity index (χ3v) is 10.2. The maximum Gasteiger partial charge on any atom is 0.257 e. The molecular formula is C52H44N10O4. The van der Waals surface area contributed by atoms with Gasteiger partial charge in [0.1, 0.15) is 23.1 Å². The molecule has 66 heavy (non-hydrogen) atoms. The molecule has 14 heteroatoms. The van der Waals surface area contributed by atoms with Gasteiger partial charge in [0.2, 0.25) is 5.88 Å². The maximum absolute atomic E-state index is 13.2. The number of aliphatic imine (C=N–C) groups is 1. The number of anilines is 6. The predicted molar refractivity (Wildman–Crippen MR) is 259 cm³/mol. The number of carbonyl (C=O) groups excluding carboxylic acids is 2. The van der Waals surface area contributed by atoms with Crippen molar-refractivity contribution in [2.24, 2.45) is 4.99 Å². The molecule has 2 amide bonds. The van der Waals surface area contributed by atoms with Gasteiger partial charge in [-0.25, -0.2) is 9.97 Å². The molecule has 0 aliphatic carbocycles. The molecule has 0 radical (unpaired) electrons. The van der Waals surface area contributed by atoms with Gasteiger partial charge in [-0.2, -0.15) is 0 Å². The fraction of sp³-hybridized carbons (Fsp3) is 0.0769. The number of nitrogens with zero attached hydrogens (tertiary/aromatic N) is 6. The number of aromatic nitrogens is 5. The monoisotopic (exact) mass is 872 g/mol. The molecule has 4 N–H and O–H groups in total. The number of allylic oxidation sites excluding steroid dienone is 3. The molecule has 0 fully saturated rings. The third kappa shape index (κ3) is 11.1. The van der Waals surface area contributed by atoms with Crippen LogP contribution in [0.2, 0.25) is 0 Å². The Labute approximate surface area is 381 Å². The van der Waals surface area contributed by atoms with Crippen molar-refractivity contribution in [3.05, 3.63) is 204 Å². The summed E-state index contributed by atoms with van der Waals surface area (Å²) in [5.74, 6) is 1.96. The molecular weight excluding hydrogens is 829 g/mol. The van der Waals surface area contributed by atoms with Crippen molar-refractivity contribution >= 4 is 63.7 Å². The molecule has 8 rings (SSSR count). The zero-order valence-electron chi connectivity index (χ0n) is 36.3. The lowest BCUT2D eigenvalue weighted by Crippen LogP contribution is -2.12. The minimum absolute atomic E-state index is 0.239. The Bertz CT molecular complexity index is 3080. The molecule has 14 nitrogen and oxygen atoms in total. The van der Waals surface area contributed by atoms with Gasteiger partial charge in [0.05, 0.1) is 28.7 Å². The molecule has 0 saturated carbocycles. The summed E-state index contributed by atoms with van der Waals surface area (Å²) in [4.78, 5) is 52.1. The number of benzene rings is 3. The molecule has 326 valence electrons. The van der Waals surface area contributed by atoms with E-state index in [4.69, 9.17) is 9.47 Å². The number of hydrogen-bond donors (Lipinski definition) is 4. The van der Waals surface area contributed by atoms with E-state index in [2.05, 4.69) is 57.9 Å².